The molecule has 0 radical (unpaired) electrons. The van der Waals surface area contributed by atoms with Crippen LogP contribution in [0.2, 0.25) is 5.15 Å². The second-order valence-corrected chi connectivity index (χ2v) is 4.86. The third kappa shape index (κ3) is 3.91. The summed E-state index contributed by atoms with van der Waals surface area (Å²) < 4.78 is 4.40. The second-order valence-electron chi connectivity index (χ2n) is 1.86. The SMILES string of the molecule is ClCC/C(Cl)=N/N=c1/ssnc1Cl. The van der Waals surface area contributed by atoms with Crippen LogP contribution in [0.25, 0.3) is 0 Å². The Hall–Kier alpha value is 0.320. The van der Waals surface area contributed by atoms with Gasteiger partial charge in [0.1, 0.15) is 5.17 Å². The first-order chi connectivity index (χ1) is 6.24. The van der Waals surface area contributed by atoms with E-state index in [2.05, 4.69) is 14.6 Å². The zero-order chi connectivity index (χ0) is 9.68. The standard InChI is InChI=1S/C5H4Cl3N3S2/c6-2-1-3(7)9-10-5-4(8)11-13-12-5/h1-2H2/b9-3-,10-5+. The molecule has 1 heterocycles. The highest BCUT2D eigenvalue weighted by Crippen LogP contribution is 2.05. The van der Waals surface area contributed by atoms with E-state index in [1.807, 2.05) is 0 Å². The molecule has 0 bridgehead atoms. The summed E-state index contributed by atoms with van der Waals surface area (Å²) in [7, 11) is 2.60. The number of hydrogen-bond acceptors (Lipinski definition) is 5. The summed E-state index contributed by atoms with van der Waals surface area (Å²) >= 11 is 16.8. The molecule has 0 aromatic carbocycles. The van der Waals surface area contributed by atoms with Crippen LogP contribution in [0.15, 0.2) is 10.2 Å². The predicted molar refractivity (Wildman–Crippen MR) is 59.2 cm³/mol. The monoisotopic (exact) mass is 275 g/mol. The maximum Gasteiger partial charge on any atom is 0.188 e. The van der Waals surface area contributed by atoms with Gasteiger partial charge < -0.3 is 0 Å². The molecule has 0 aliphatic heterocycles. The van der Waals surface area contributed by atoms with Crippen LogP contribution in [0.3, 0.4) is 0 Å². The van der Waals surface area contributed by atoms with Crippen LogP contribution in [0, 0.1) is 0 Å². The van der Waals surface area contributed by atoms with Crippen molar-refractivity contribution in [2.75, 3.05) is 5.88 Å². The highest BCUT2D eigenvalue weighted by atomic mass is 35.5. The van der Waals surface area contributed by atoms with Gasteiger partial charge in [-0.05, 0) is 10.3 Å². The first-order valence-corrected chi connectivity index (χ1v) is 6.57. The van der Waals surface area contributed by atoms with E-state index in [-0.39, 0.29) is 0 Å². The summed E-state index contributed by atoms with van der Waals surface area (Å²) in [6.45, 7) is 0. The van der Waals surface area contributed by atoms with Gasteiger partial charge in [-0.3, -0.25) is 0 Å². The molecule has 0 spiro atoms. The second kappa shape index (κ2) is 5.93. The Kier molecular flexibility index (Phi) is 5.20. The Balaban J connectivity index is 2.79. The molecule has 0 aliphatic carbocycles. The number of hydrogen-bond donors (Lipinski definition) is 0. The lowest BCUT2D eigenvalue weighted by Gasteiger charge is -1.86. The van der Waals surface area contributed by atoms with Crippen molar-refractivity contribution in [3.63, 3.8) is 0 Å². The van der Waals surface area contributed by atoms with Crippen molar-refractivity contribution in [3.05, 3.63) is 9.82 Å². The van der Waals surface area contributed by atoms with Crippen molar-refractivity contribution in [3.8, 4) is 0 Å². The normalized spacial score (nSPS) is 13.8. The van der Waals surface area contributed by atoms with E-state index in [9.17, 15) is 0 Å². The van der Waals surface area contributed by atoms with Crippen molar-refractivity contribution >= 4 is 60.9 Å². The number of alkyl halides is 1. The quantitative estimate of drug-likeness (QED) is 0.362. The molecule has 0 aliphatic rings. The topological polar surface area (TPSA) is 37.6 Å². The molecule has 1 aromatic rings. The summed E-state index contributed by atoms with van der Waals surface area (Å²) in [6, 6.07) is 0. The average Bonchev–Trinajstić information content (AvgIpc) is 2.48. The molecule has 0 unspecified atom stereocenters. The molecule has 0 amide bonds. The third-order valence-corrected chi connectivity index (χ3v) is 3.57. The van der Waals surface area contributed by atoms with E-state index >= 15 is 0 Å². The fourth-order valence-corrected chi connectivity index (χ4v) is 2.76. The largest absolute Gasteiger partial charge is 0.188 e. The highest BCUT2D eigenvalue weighted by Gasteiger charge is 1.96. The summed E-state index contributed by atoms with van der Waals surface area (Å²) in [4.78, 5) is 0. The number of nitrogens with zero attached hydrogens (tertiary/aromatic N) is 3. The van der Waals surface area contributed by atoms with Gasteiger partial charge in [0.15, 0.2) is 9.82 Å². The average molecular weight is 277 g/mol. The maximum absolute atomic E-state index is 5.68. The minimum absolute atomic E-state index is 0.356. The first kappa shape index (κ1) is 11.4. The van der Waals surface area contributed by atoms with Crippen molar-refractivity contribution in [1.82, 2.24) is 4.37 Å². The van der Waals surface area contributed by atoms with Crippen molar-refractivity contribution in [2.24, 2.45) is 10.2 Å². The van der Waals surface area contributed by atoms with Gasteiger partial charge in [0.05, 0.1) is 0 Å². The Morgan fingerprint density at radius 2 is 2.31 bits per heavy atom. The summed E-state index contributed by atoms with van der Waals surface area (Å²) in [6.07, 6.45) is 0.506. The molecule has 0 N–H and O–H groups in total. The van der Waals surface area contributed by atoms with E-state index in [1.54, 1.807) is 0 Å². The Morgan fingerprint density at radius 3 is 2.85 bits per heavy atom. The van der Waals surface area contributed by atoms with E-state index in [0.29, 0.717) is 27.3 Å². The molecular weight excluding hydrogens is 273 g/mol. The number of aromatic nitrogens is 1. The minimum atomic E-state index is 0.356. The predicted octanol–water partition coefficient (Wildman–Crippen LogP) is 2.94. The third-order valence-electron chi connectivity index (χ3n) is 0.960. The van der Waals surface area contributed by atoms with Crippen molar-refractivity contribution in [1.29, 1.82) is 0 Å². The fraction of sp³-hybridized carbons (Fsp3) is 0.400. The van der Waals surface area contributed by atoms with Crippen LogP contribution in [0.4, 0.5) is 0 Å². The Labute approximate surface area is 97.2 Å². The molecule has 72 valence electrons. The minimum Gasteiger partial charge on any atom is -0.167 e. The molecule has 8 heteroatoms. The molecule has 13 heavy (non-hydrogen) atoms. The number of halogens is 3. The van der Waals surface area contributed by atoms with Crippen LogP contribution in [-0.2, 0) is 0 Å². The summed E-state index contributed by atoms with van der Waals surface area (Å²) in [5, 5.41) is 8.27. The molecule has 0 saturated carbocycles. The highest BCUT2D eigenvalue weighted by molar-refractivity contribution is 7.66. The lowest BCUT2D eigenvalue weighted by atomic mass is 10.5. The zero-order valence-corrected chi connectivity index (χ0v) is 10.1. The summed E-state index contributed by atoms with van der Waals surface area (Å²) in [5.41, 5.74) is 0. The molecule has 1 aromatic heterocycles. The van der Waals surface area contributed by atoms with Gasteiger partial charge in [0.2, 0.25) is 0 Å². The molecular formula is C5H4Cl3N3S2. The first-order valence-electron chi connectivity index (χ1n) is 3.17. The molecule has 3 nitrogen and oxygen atoms in total. The van der Waals surface area contributed by atoms with Crippen LogP contribution in [0.1, 0.15) is 6.42 Å². The van der Waals surface area contributed by atoms with Crippen LogP contribution >= 0.6 is 55.7 Å². The zero-order valence-electron chi connectivity index (χ0n) is 6.21. The van der Waals surface area contributed by atoms with E-state index in [0.717, 1.165) is 0 Å². The van der Waals surface area contributed by atoms with Gasteiger partial charge in [-0.25, -0.2) is 0 Å². The molecule has 0 atom stereocenters. The van der Waals surface area contributed by atoms with E-state index < -0.39 is 0 Å². The van der Waals surface area contributed by atoms with Crippen molar-refractivity contribution < 1.29 is 0 Å². The van der Waals surface area contributed by atoms with Gasteiger partial charge >= 0.3 is 0 Å². The van der Waals surface area contributed by atoms with Gasteiger partial charge in [-0.2, -0.15) is 4.37 Å². The van der Waals surface area contributed by atoms with Crippen LogP contribution in [0.5, 0.6) is 0 Å². The van der Waals surface area contributed by atoms with Crippen LogP contribution < -0.4 is 4.67 Å². The van der Waals surface area contributed by atoms with E-state index in [4.69, 9.17) is 34.8 Å². The lowest BCUT2D eigenvalue weighted by Crippen LogP contribution is -1.94. The summed E-state index contributed by atoms with van der Waals surface area (Å²) in [5.74, 6) is 0.427. The fourth-order valence-electron chi connectivity index (χ4n) is 0.446. The van der Waals surface area contributed by atoms with Gasteiger partial charge in [-0.15, -0.1) is 21.8 Å². The lowest BCUT2D eigenvalue weighted by molar-refractivity contribution is 1.14. The van der Waals surface area contributed by atoms with Gasteiger partial charge in [-0.1, -0.05) is 23.2 Å². The number of rotatable bonds is 3. The van der Waals surface area contributed by atoms with Gasteiger partial charge in [0.25, 0.3) is 0 Å². The molecule has 0 saturated heterocycles. The van der Waals surface area contributed by atoms with Gasteiger partial charge in [0, 0.05) is 22.8 Å². The Morgan fingerprint density at radius 1 is 1.54 bits per heavy atom. The van der Waals surface area contributed by atoms with Crippen molar-refractivity contribution in [2.45, 2.75) is 6.42 Å². The molecule has 1 rings (SSSR count). The van der Waals surface area contributed by atoms with E-state index in [1.165, 1.54) is 20.9 Å². The maximum atomic E-state index is 5.68. The Bertz CT molecular complexity index is 356. The smallest absolute Gasteiger partial charge is 0.167 e. The van der Waals surface area contributed by atoms with Crippen LogP contribution in [-0.4, -0.2) is 15.4 Å². The molecule has 0 fully saturated rings.